The summed E-state index contributed by atoms with van der Waals surface area (Å²) in [4.78, 5) is 25.1. The van der Waals surface area contributed by atoms with Crippen LogP contribution in [-0.2, 0) is 9.59 Å². The fourth-order valence-corrected chi connectivity index (χ4v) is 3.28. The van der Waals surface area contributed by atoms with Crippen LogP contribution in [0.3, 0.4) is 0 Å². The molecule has 1 aromatic carbocycles. The number of likely N-dealkylation sites (N-methyl/N-ethyl adjacent to an activating group) is 1. The van der Waals surface area contributed by atoms with Crippen molar-refractivity contribution in [1.29, 1.82) is 0 Å². The van der Waals surface area contributed by atoms with Crippen molar-refractivity contribution in [2.24, 2.45) is 5.73 Å². The van der Waals surface area contributed by atoms with Crippen molar-refractivity contribution >= 4 is 23.6 Å². The number of primary amides is 1. The average molecular weight is 368 g/mol. The summed E-state index contributed by atoms with van der Waals surface area (Å²) in [5.74, 6) is 1.27. The quantitative estimate of drug-likeness (QED) is 0.550. The zero-order valence-corrected chi connectivity index (χ0v) is 16.1. The predicted molar refractivity (Wildman–Crippen MR) is 103 cm³/mol. The summed E-state index contributed by atoms with van der Waals surface area (Å²) in [7, 11) is 1.65. The van der Waals surface area contributed by atoms with E-state index in [0.717, 1.165) is 24.4 Å². The molecule has 0 aliphatic carbocycles. The summed E-state index contributed by atoms with van der Waals surface area (Å²) in [6, 6.07) is 8.04. The third-order valence-electron chi connectivity index (χ3n) is 3.94. The molecule has 0 aromatic heterocycles. The standard InChI is InChI=1S/C18H29N3O3S/c1-4-21(5-2)16(14-7-6-8-15(11-14)24-3)12-20-18(23)9-10-25-13-17(19)22/h6-8,11,16H,4-5,9-10,12-13H2,1-3H3,(H2,19,22)(H,20,23). The highest BCUT2D eigenvalue weighted by molar-refractivity contribution is 7.99. The topological polar surface area (TPSA) is 84.7 Å². The Kier molecular flexibility index (Phi) is 10.0. The van der Waals surface area contributed by atoms with Crippen LogP contribution in [0.15, 0.2) is 24.3 Å². The number of rotatable bonds is 12. The van der Waals surface area contributed by atoms with E-state index in [2.05, 4.69) is 30.1 Å². The molecule has 1 rings (SSSR count). The molecule has 0 spiro atoms. The van der Waals surface area contributed by atoms with E-state index in [-0.39, 0.29) is 23.6 Å². The van der Waals surface area contributed by atoms with Crippen LogP contribution in [0.2, 0.25) is 0 Å². The first-order valence-electron chi connectivity index (χ1n) is 8.52. The van der Waals surface area contributed by atoms with Crippen LogP contribution in [0.5, 0.6) is 5.75 Å². The minimum Gasteiger partial charge on any atom is -0.497 e. The van der Waals surface area contributed by atoms with Crippen molar-refractivity contribution in [3.8, 4) is 5.75 Å². The number of amides is 2. The van der Waals surface area contributed by atoms with E-state index in [1.165, 1.54) is 11.8 Å². The van der Waals surface area contributed by atoms with E-state index in [4.69, 9.17) is 10.5 Å². The number of nitrogens with two attached hydrogens (primary N) is 1. The number of ether oxygens (including phenoxy) is 1. The van der Waals surface area contributed by atoms with E-state index < -0.39 is 0 Å². The second-order valence-corrected chi connectivity index (χ2v) is 6.69. The first kappa shape index (κ1) is 21.3. The lowest BCUT2D eigenvalue weighted by atomic mass is 10.0. The van der Waals surface area contributed by atoms with E-state index in [9.17, 15) is 9.59 Å². The molecular formula is C18H29N3O3S. The molecule has 25 heavy (non-hydrogen) atoms. The zero-order chi connectivity index (χ0) is 18.7. The Balaban J connectivity index is 2.65. The Morgan fingerprint density at radius 2 is 2.04 bits per heavy atom. The number of hydrogen-bond acceptors (Lipinski definition) is 5. The van der Waals surface area contributed by atoms with E-state index in [1.807, 2.05) is 18.2 Å². The number of methoxy groups -OCH3 is 1. The van der Waals surface area contributed by atoms with Gasteiger partial charge in [0.2, 0.25) is 11.8 Å². The van der Waals surface area contributed by atoms with Gasteiger partial charge in [0.15, 0.2) is 0 Å². The van der Waals surface area contributed by atoms with Gasteiger partial charge in [0.1, 0.15) is 5.75 Å². The highest BCUT2D eigenvalue weighted by atomic mass is 32.2. The first-order valence-corrected chi connectivity index (χ1v) is 9.68. The van der Waals surface area contributed by atoms with Crippen molar-refractivity contribution in [2.45, 2.75) is 26.3 Å². The van der Waals surface area contributed by atoms with Crippen molar-refractivity contribution in [1.82, 2.24) is 10.2 Å². The SMILES string of the molecule is CCN(CC)C(CNC(=O)CCSCC(N)=O)c1cccc(OC)c1. The molecule has 0 fully saturated rings. The Morgan fingerprint density at radius 1 is 1.32 bits per heavy atom. The third kappa shape index (κ3) is 7.79. The maximum atomic E-state index is 12.1. The van der Waals surface area contributed by atoms with Gasteiger partial charge in [0, 0.05) is 18.7 Å². The van der Waals surface area contributed by atoms with Gasteiger partial charge < -0.3 is 15.8 Å². The molecule has 0 saturated heterocycles. The number of thioether (sulfide) groups is 1. The van der Waals surface area contributed by atoms with E-state index in [1.54, 1.807) is 7.11 Å². The van der Waals surface area contributed by atoms with E-state index >= 15 is 0 Å². The summed E-state index contributed by atoms with van der Waals surface area (Å²) in [5, 5.41) is 3.01. The smallest absolute Gasteiger partial charge is 0.227 e. The Hall–Kier alpha value is -1.73. The number of carbonyl (C=O) groups is 2. The maximum Gasteiger partial charge on any atom is 0.227 e. The van der Waals surface area contributed by atoms with Crippen LogP contribution in [0.4, 0.5) is 0 Å². The molecule has 0 aliphatic rings. The molecule has 0 heterocycles. The molecule has 0 aliphatic heterocycles. The second kappa shape index (κ2) is 11.8. The van der Waals surface area contributed by atoms with Gasteiger partial charge in [-0.2, -0.15) is 11.8 Å². The van der Waals surface area contributed by atoms with Crippen LogP contribution >= 0.6 is 11.8 Å². The van der Waals surface area contributed by atoms with Gasteiger partial charge in [-0.15, -0.1) is 0 Å². The molecule has 6 nitrogen and oxygen atoms in total. The number of carbonyl (C=O) groups excluding carboxylic acids is 2. The highest BCUT2D eigenvalue weighted by Gasteiger charge is 2.19. The highest BCUT2D eigenvalue weighted by Crippen LogP contribution is 2.23. The number of hydrogen-bond donors (Lipinski definition) is 2. The third-order valence-corrected chi connectivity index (χ3v) is 4.92. The van der Waals surface area contributed by atoms with Crippen molar-refractivity contribution in [3.05, 3.63) is 29.8 Å². The largest absolute Gasteiger partial charge is 0.497 e. The lowest BCUT2D eigenvalue weighted by molar-refractivity contribution is -0.121. The molecule has 3 N–H and O–H groups in total. The molecule has 1 unspecified atom stereocenters. The fraction of sp³-hybridized carbons (Fsp3) is 0.556. The summed E-state index contributed by atoms with van der Waals surface area (Å²) >= 11 is 1.38. The van der Waals surface area contributed by atoms with Gasteiger partial charge in [0.05, 0.1) is 18.9 Å². The van der Waals surface area contributed by atoms with Crippen molar-refractivity contribution in [3.63, 3.8) is 0 Å². The predicted octanol–water partition coefficient (Wildman–Crippen LogP) is 1.80. The molecule has 0 saturated carbocycles. The first-order chi connectivity index (χ1) is 12.0. The van der Waals surface area contributed by atoms with Crippen LogP contribution < -0.4 is 15.8 Å². The molecule has 140 valence electrons. The van der Waals surface area contributed by atoms with Crippen LogP contribution in [0, 0.1) is 0 Å². The maximum absolute atomic E-state index is 12.1. The molecule has 7 heteroatoms. The average Bonchev–Trinajstić information content (AvgIpc) is 2.62. The Bertz CT molecular complexity index is 550. The van der Waals surface area contributed by atoms with Gasteiger partial charge in [-0.1, -0.05) is 26.0 Å². The van der Waals surface area contributed by atoms with Gasteiger partial charge >= 0.3 is 0 Å². The van der Waals surface area contributed by atoms with Gasteiger partial charge in [-0.3, -0.25) is 14.5 Å². The number of nitrogens with one attached hydrogen (secondary N) is 1. The van der Waals surface area contributed by atoms with Crippen LogP contribution in [0.1, 0.15) is 31.9 Å². The van der Waals surface area contributed by atoms with Gasteiger partial charge in [0.25, 0.3) is 0 Å². The van der Waals surface area contributed by atoms with Crippen molar-refractivity contribution < 1.29 is 14.3 Å². The molecule has 2 amide bonds. The minimum absolute atomic E-state index is 0.0166. The summed E-state index contributed by atoms with van der Waals surface area (Å²) < 4.78 is 5.32. The lowest BCUT2D eigenvalue weighted by Crippen LogP contribution is -2.38. The van der Waals surface area contributed by atoms with Crippen LogP contribution in [0.25, 0.3) is 0 Å². The van der Waals surface area contributed by atoms with Crippen molar-refractivity contribution in [2.75, 3.05) is 38.2 Å². The number of benzene rings is 1. The van der Waals surface area contributed by atoms with Crippen LogP contribution in [-0.4, -0.2) is 55.0 Å². The summed E-state index contributed by atoms with van der Waals surface area (Å²) in [6.45, 7) is 6.54. The molecule has 1 atom stereocenters. The van der Waals surface area contributed by atoms with Gasteiger partial charge in [-0.05, 0) is 30.8 Å². The molecule has 0 radical (unpaired) electrons. The summed E-state index contributed by atoms with van der Waals surface area (Å²) in [5.41, 5.74) is 6.20. The second-order valence-electron chi connectivity index (χ2n) is 5.59. The van der Waals surface area contributed by atoms with Gasteiger partial charge in [-0.25, -0.2) is 0 Å². The normalized spacial score (nSPS) is 12.0. The summed E-state index contributed by atoms with van der Waals surface area (Å²) in [6.07, 6.45) is 0.376. The van der Waals surface area contributed by atoms with E-state index in [0.29, 0.717) is 18.7 Å². The lowest BCUT2D eigenvalue weighted by Gasteiger charge is -2.30. The Morgan fingerprint density at radius 3 is 2.64 bits per heavy atom. The number of nitrogens with zero attached hydrogens (tertiary/aromatic N) is 1. The molecular weight excluding hydrogens is 338 g/mol. The minimum atomic E-state index is -0.356. The fourth-order valence-electron chi connectivity index (χ4n) is 2.61. The molecule has 0 bridgehead atoms. The molecule has 1 aromatic rings. The Labute approximate surface area is 154 Å². The monoisotopic (exact) mass is 367 g/mol. The zero-order valence-electron chi connectivity index (χ0n) is 15.3.